The fourth-order valence-electron chi connectivity index (χ4n) is 5.07. The van der Waals surface area contributed by atoms with E-state index < -0.39 is 33.1 Å². The molecule has 3 N–H and O–H groups in total. The molecule has 5 rings (SSSR count). The van der Waals surface area contributed by atoms with Gasteiger partial charge in [-0.3, -0.25) is 9.59 Å². The van der Waals surface area contributed by atoms with Crippen molar-refractivity contribution in [2.24, 2.45) is 11.8 Å². The van der Waals surface area contributed by atoms with Crippen LogP contribution in [0.2, 0.25) is 0 Å². The Morgan fingerprint density at radius 1 is 0.892 bits per heavy atom. The van der Waals surface area contributed by atoms with Crippen LogP contribution in [0.4, 0.5) is 5.69 Å². The lowest BCUT2D eigenvalue weighted by Crippen LogP contribution is -2.32. The van der Waals surface area contributed by atoms with Crippen LogP contribution in [-0.4, -0.2) is 35.6 Å². The van der Waals surface area contributed by atoms with Crippen LogP contribution in [0.25, 0.3) is 11.1 Å². The Bertz CT molecular complexity index is 1520. The number of hydrogen-bond acceptors (Lipinski definition) is 7. The number of allylic oxidation sites excluding steroid dienone is 2. The van der Waals surface area contributed by atoms with Gasteiger partial charge in [-0.15, -0.1) is 0 Å². The summed E-state index contributed by atoms with van der Waals surface area (Å²) in [7, 11) is -4.23. The van der Waals surface area contributed by atoms with Crippen LogP contribution in [0.3, 0.4) is 0 Å². The first-order chi connectivity index (χ1) is 17.7. The van der Waals surface area contributed by atoms with E-state index in [1.165, 1.54) is 48.5 Å². The third-order valence-corrected chi connectivity index (χ3v) is 8.32. The number of Topliss-reactive ketones (excluding diaryl/α,β-unsaturated/α-hetero) is 1. The molecular weight excluding hydrogens is 494 g/mol. The molecule has 0 saturated heterocycles. The molecule has 0 aromatic heterocycles. The summed E-state index contributed by atoms with van der Waals surface area (Å²) in [5.74, 6) is -2.03. The van der Waals surface area contributed by atoms with Crippen LogP contribution >= 0.6 is 0 Å². The lowest BCUT2D eigenvalue weighted by Gasteiger charge is -2.26. The maximum Gasteiger partial charge on any atom is 0.313 e. The summed E-state index contributed by atoms with van der Waals surface area (Å²) < 4.78 is 32.2. The van der Waals surface area contributed by atoms with Crippen LogP contribution in [0, 0.1) is 11.8 Å². The zero-order valence-corrected chi connectivity index (χ0v) is 20.3. The van der Waals surface area contributed by atoms with Crippen molar-refractivity contribution in [3.05, 3.63) is 96.6 Å². The number of phenols is 2. The quantitative estimate of drug-likeness (QED) is 0.317. The Labute approximate surface area is 213 Å². The molecule has 3 unspecified atom stereocenters. The number of nitrogens with one attached hydrogen (secondary N) is 1. The highest BCUT2D eigenvalue weighted by atomic mass is 32.2. The molecule has 2 aliphatic rings. The van der Waals surface area contributed by atoms with Gasteiger partial charge in [0.25, 0.3) is 0 Å². The van der Waals surface area contributed by atoms with Gasteiger partial charge in [0.2, 0.25) is 5.91 Å². The van der Waals surface area contributed by atoms with Gasteiger partial charge in [0, 0.05) is 11.6 Å². The monoisotopic (exact) mass is 517 g/mol. The zero-order valence-electron chi connectivity index (χ0n) is 19.5. The van der Waals surface area contributed by atoms with E-state index in [0.29, 0.717) is 16.8 Å². The molecule has 9 heteroatoms. The Morgan fingerprint density at radius 2 is 1.43 bits per heavy atom. The van der Waals surface area contributed by atoms with Gasteiger partial charge in [-0.1, -0.05) is 30.8 Å². The minimum atomic E-state index is -4.23. The molecule has 3 atom stereocenters. The molecule has 8 nitrogen and oxygen atoms in total. The fourth-order valence-corrected chi connectivity index (χ4v) is 6.60. The topological polar surface area (TPSA) is 130 Å². The molecule has 0 heterocycles. The Morgan fingerprint density at radius 3 is 1.97 bits per heavy atom. The van der Waals surface area contributed by atoms with Crippen LogP contribution in [0.5, 0.6) is 17.2 Å². The van der Waals surface area contributed by atoms with Crippen molar-refractivity contribution < 1.29 is 32.4 Å². The number of fused-ring (bicyclic) bond motifs is 2. The maximum atomic E-state index is 13.4. The first kappa shape index (κ1) is 24.3. The first-order valence-electron chi connectivity index (χ1n) is 11.5. The van der Waals surface area contributed by atoms with Gasteiger partial charge in [0.1, 0.15) is 28.3 Å². The molecule has 1 fully saturated rings. The summed E-state index contributed by atoms with van der Waals surface area (Å²) in [6, 6.07) is 18.6. The normalized spacial score (nSPS) is 20.6. The average Bonchev–Trinajstić information content (AvgIpc) is 3.36. The highest BCUT2D eigenvalue weighted by Crippen LogP contribution is 2.56. The Balaban J connectivity index is 1.50. The summed E-state index contributed by atoms with van der Waals surface area (Å²) in [4.78, 5) is 24.9. The van der Waals surface area contributed by atoms with E-state index in [-0.39, 0.29) is 29.5 Å². The predicted molar refractivity (Wildman–Crippen MR) is 138 cm³/mol. The SMILES string of the molecule is C=CC(=O)Nc1ccc(OS(=O)(=O)C2CC3C(=O)C2C(c2ccc(O)cc2)=C3c2ccc(O)cc2)cc1. The highest BCUT2D eigenvalue weighted by molar-refractivity contribution is 7.87. The third-order valence-electron chi connectivity index (χ3n) is 6.69. The van der Waals surface area contributed by atoms with E-state index in [2.05, 4.69) is 11.9 Å². The van der Waals surface area contributed by atoms with Crippen molar-refractivity contribution in [2.75, 3.05) is 5.32 Å². The molecular formula is C28H23NO7S. The van der Waals surface area contributed by atoms with Crippen molar-refractivity contribution >= 4 is 38.6 Å². The summed E-state index contributed by atoms with van der Waals surface area (Å²) >= 11 is 0. The average molecular weight is 518 g/mol. The van der Waals surface area contributed by atoms with Gasteiger partial charge in [-0.25, -0.2) is 0 Å². The smallest absolute Gasteiger partial charge is 0.313 e. The maximum absolute atomic E-state index is 13.4. The van der Waals surface area contributed by atoms with Gasteiger partial charge in [-0.05, 0) is 83.3 Å². The van der Waals surface area contributed by atoms with Crippen molar-refractivity contribution in [1.29, 1.82) is 0 Å². The number of amides is 1. The number of hydrogen-bond donors (Lipinski definition) is 3. The largest absolute Gasteiger partial charge is 0.508 e. The zero-order chi connectivity index (χ0) is 26.3. The second kappa shape index (κ2) is 9.25. The third kappa shape index (κ3) is 4.49. The molecule has 37 heavy (non-hydrogen) atoms. The summed E-state index contributed by atoms with van der Waals surface area (Å²) in [5.41, 5.74) is 3.08. The molecule has 0 spiro atoms. The van der Waals surface area contributed by atoms with Gasteiger partial charge in [-0.2, -0.15) is 8.42 Å². The molecule has 1 saturated carbocycles. The van der Waals surface area contributed by atoms with Crippen LogP contribution in [0.1, 0.15) is 17.5 Å². The lowest BCUT2D eigenvalue weighted by atomic mass is 9.83. The molecule has 1 amide bonds. The number of carbonyl (C=O) groups is 2. The van der Waals surface area contributed by atoms with Gasteiger partial charge in [0.05, 0.1) is 5.92 Å². The summed E-state index contributed by atoms with van der Waals surface area (Å²) in [6.45, 7) is 3.38. The minimum Gasteiger partial charge on any atom is -0.508 e. The second-order valence-corrected chi connectivity index (χ2v) is 10.7. The Hall–Kier alpha value is -4.37. The molecule has 188 valence electrons. The number of anilines is 1. The van der Waals surface area contributed by atoms with E-state index in [9.17, 15) is 28.2 Å². The van der Waals surface area contributed by atoms with Crippen LogP contribution in [0.15, 0.2) is 85.5 Å². The van der Waals surface area contributed by atoms with E-state index in [1.54, 1.807) is 24.3 Å². The van der Waals surface area contributed by atoms with Crippen LogP contribution in [-0.2, 0) is 19.7 Å². The summed E-state index contributed by atoms with van der Waals surface area (Å²) in [6.07, 6.45) is 1.18. The van der Waals surface area contributed by atoms with E-state index in [4.69, 9.17) is 4.18 Å². The molecule has 2 aliphatic carbocycles. The number of aromatic hydroxyl groups is 2. The second-order valence-electron chi connectivity index (χ2n) is 8.92. The molecule has 3 aromatic carbocycles. The van der Waals surface area contributed by atoms with Crippen molar-refractivity contribution in [2.45, 2.75) is 11.7 Å². The predicted octanol–water partition coefficient (Wildman–Crippen LogP) is 4.13. The number of phenolic OH excluding ortho intramolecular Hbond substituents is 2. The minimum absolute atomic E-state index is 0.0465. The number of rotatable bonds is 7. The van der Waals surface area contributed by atoms with Crippen molar-refractivity contribution in [1.82, 2.24) is 0 Å². The highest BCUT2D eigenvalue weighted by Gasteiger charge is 2.58. The lowest BCUT2D eigenvalue weighted by molar-refractivity contribution is -0.120. The van der Waals surface area contributed by atoms with Gasteiger partial charge in [0.15, 0.2) is 0 Å². The van der Waals surface area contributed by atoms with Crippen molar-refractivity contribution in [3.63, 3.8) is 0 Å². The van der Waals surface area contributed by atoms with Crippen LogP contribution < -0.4 is 9.50 Å². The van der Waals surface area contributed by atoms with Gasteiger partial charge < -0.3 is 19.7 Å². The summed E-state index contributed by atoms with van der Waals surface area (Å²) in [5, 5.41) is 21.0. The number of carbonyl (C=O) groups excluding carboxylic acids is 2. The van der Waals surface area contributed by atoms with Crippen molar-refractivity contribution in [3.8, 4) is 17.2 Å². The molecule has 0 radical (unpaired) electrons. The first-order valence-corrected chi connectivity index (χ1v) is 13.0. The number of ketones is 1. The standard InChI is InChI=1S/C28H23NO7S/c1-2-24(32)29-18-7-13-21(14-8-18)36-37(34,35)23-15-22-25(16-3-9-19(30)10-4-16)26(27(23)28(22)33)17-5-11-20(31)12-6-17/h2-14,22-23,27,30-31H,1,15H2,(H,29,32). The number of benzene rings is 3. The van der Waals surface area contributed by atoms with E-state index >= 15 is 0 Å². The Kier molecular flexibility index (Phi) is 6.08. The van der Waals surface area contributed by atoms with Gasteiger partial charge >= 0.3 is 10.1 Å². The van der Waals surface area contributed by atoms with E-state index in [0.717, 1.165) is 17.2 Å². The van der Waals surface area contributed by atoms with E-state index in [1.807, 2.05) is 0 Å². The molecule has 2 bridgehead atoms. The molecule has 3 aromatic rings. The fraction of sp³-hybridized carbons (Fsp3) is 0.143. The molecule has 0 aliphatic heterocycles.